The Hall–Kier alpha value is -1.10. The van der Waals surface area contributed by atoms with Crippen LogP contribution < -0.4 is 4.74 Å². The van der Waals surface area contributed by atoms with Crippen molar-refractivity contribution >= 4 is 0 Å². The quantitative estimate of drug-likeness (QED) is 0.844. The van der Waals surface area contributed by atoms with E-state index in [1.165, 1.54) is 5.56 Å². The van der Waals surface area contributed by atoms with Crippen LogP contribution in [0, 0.1) is 6.92 Å². The van der Waals surface area contributed by atoms with Gasteiger partial charge in [-0.25, -0.2) is 0 Å². The second-order valence-electron chi connectivity index (χ2n) is 5.61. The Morgan fingerprint density at radius 2 is 1.95 bits per heavy atom. The molecule has 0 radical (unpaired) electrons. The highest BCUT2D eigenvalue weighted by molar-refractivity contribution is 5.27. The molecule has 1 aromatic rings. The fraction of sp³-hybridized carbons (Fsp3) is 0.625. The summed E-state index contributed by atoms with van der Waals surface area (Å²) in [4.78, 5) is 2.42. The highest BCUT2D eigenvalue weighted by atomic mass is 16.7. The van der Waals surface area contributed by atoms with Crippen LogP contribution in [-0.2, 0) is 9.47 Å². The van der Waals surface area contributed by atoms with Crippen molar-refractivity contribution in [3.05, 3.63) is 29.8 Å². The molecule has 0 aromatic heterocycles. The Balaban J connectivity index is 1.39. The van der Waals surface area contributed by atoms with E-state index in [9.17, 15) is 0 Å². The molecular weight excluding hydrogens is 254 g/mol. The van der Waals surface area contributed by atoms with Gasteiger partial charge in [0.15, 0.2) is 5.79 Å². The summed E-state index contributed by atoms with van der Waals surface area (Å²) in [5.41, 5.74) is 1.23. The van der Waals surface area contributed by atoms with Crippen LogP contribution in [0.5, 0.6) is 5.75 Å². The summed E-state index contributed by atoms with van der Waals surface area (Å²) in [6.45, 7) is 7.32. The van der Waals surface area contributed by atoms with Gasteiger partial charge in [-0.1, -0.05) is 12.1 Å². The van der Waals surface area contributed by atoms with E-state index in [-0.39, 0.29) is 5.79 Å². The summed E-state index contributed by atoms with van der Waals surface area (Å²) < 4.78 is 17.3. The largest absolute Gasteiger partial charge is 0.492 e. The first-order chi connectivity index (χ1) is 9.76. The summed E-state index contributed by atoms with van der Waals surface area (Å²) in [6, 6.07) is 8.20. The van der Waals surface area contributed by atoms with Crippen LogP contribution in [0.1, 0.15) is 18.4 Å². The number of hydrogen-bond acceptors (Lipinski definition) is 4. The molecule has 0 amide bonds. The Morgan fingerprint density at radius 1 is 1.20 bits per heavy atom. The van der Waals surface area contributed by atoms with Crippen molar-refractivity contribution in [3.63, 3.8) is 0 Å². The molecule has 0 N–H and O–H groups in total. The van der Waals surface area contributed by atoms with Gasteiger partial charge in [-0.3, -0.25) is 4.90 Å². The second kappa shape index (κ2) is 6.12. The molecule has 0 aliphatic carbocycles. The van der Waals surface area contributed by atoms with Gasteiger partial charge in [-0.15, -0.1) is 0 Å². The third kappa shape index (κ3) is 3.32. The smallest absolute Gasteiger partial charge is 0.170 e. The summed E-state index contributed by atoms with van der Waals surface area (Å²) in [5.74, 6) is 0.689. The molecule has 20 heavy (non-hydrogen) atoms. The molecule has 0 saturated carbocycles. The standard InChI is InChI=1S/C16H23NO3/c1-14-3-2-4-15(13-14)18-10-9-17-7-5-16(6-8-17)19-11-12-20-16/h2-4,13H,5-12H2,1H3. The molecule has 110 valence electrons. The summed E-state index contributed by atoms with van der Waals surface area (Å²) >= 11 is 0. The summed E-state index contributed by atoms with van der Waals surface area (Å²) in [5, 5.41) is 0. The fourth-order valence-electron chi connectivity index (χ4n) is 2.90. The average molecular weight is 277 g/mol. The van der Waals surface area contributed by atoms with Crippen LogP contribution >= 0.6 is 0 Å². The van der Waals surface area contributed by atoms with E-state index < -0.39 is 0 Å². The number of ether oxygens (including phenoxy) is 3. The second-order valence-corrected chi connectivity index (χ2v) is 5.61. The molecule has 0 atom stereocenters. The fourth-order valence-corrected chi connectivity index (χ4v) is 2.90. The minimum absolute atomic E-state index is 0.270. The Bertz CT molecular complexity index is 433. The minimum atomic E-state index is -0.270. The van der Waals surface area contributed by atoms with E-state index in [0.29, 0.717) is 0 Å². The van der Waals surface area contributed by atoms with E-state index in [1.54, 1.807) is 0 Å². The van der Waals surface area contributed by atoms with Crippen LogP contribution in [0.25, 0.3) is 0 Å². The number of rotatable bonds is 4. The molecule has 2 saturated heterocycles. The van der Waals surface area contributed by atoms with E-state index in [4.69, 9.17) is 14.2 Å². The average Bonchev–Trinajstić information content (AvgIpc) is 2.90. The molecule has 4 heteroatoms. The maximum atomic E-state index is 5.80. The molecule has 2 fully saturated rings. The van der Waals surface area contributed by atoms with Crippen LogP contribution in [0.15, 0.2) is 24.3 Å². The lowest BCUT2D eigenvalue weighted by molar-refractivity contribution is -0.185. The molecule has 4 nitrogen and oxygen atoms in total. The first-order valence-corrected chi connectivity index (χ1v) is 7.46. The highest BCUT2D eigenvalue weighted by Gasteiger charge is 2.39. The lowest BCUT2D eigenvalue weighted by atomic mass is 10.0. The molecule has 2 aliphatic heterocycles. The normalized spacial score (nSPS) is 22.2. The zero-order valence-electron chi connectivity index (χ0n) is 12.1. The highest BCUT2D eigenvalue weighted by Crippen LogP contribution is 2.31. The van der Waals surface area contributed by atoms with Crippen molar-refractivity contribution < 1.29 is 14.2 Å². The number of nitrogens with zero attached hydrogens (tertiary/aromatic N) is 1. The van der Waals surface area contributed by atoms with Gasteiger partial charge < -0.3 is 14.2 Å². The molecule has 0 unspecified atom stereocenters. The van der Waals surface area contributed by atoms with Crippen molar-refractivity contribution in [1.29, 1.82) is 0 Å². The SMILES string of the molecule is Cc1cccc(OCCN2CCC3(CC2)OCCO3)c1. The van der Waals surface area contributed by atoms with Crippen LogP contribution in [0.3, 0.4) is 0 Å². The first-order valence-electron chi connectivity index (χ1n) is 7.46. The molecule has 2 aliphatic rings. The maximum Gasteiger partial charge on any atom is 0.170 e. The number of hydrogen-bond donors (Lipinski definition) is 0. The van der Waals surface area contributed by atoms with E-state index in [2.05, 4.69) is 24.0 Å². The molecule has 2 heterocycles. The van der Waals surface area contributed by atoms with Gasteiger partial charge in [0.25, 0.3) is 0 Å². The lowest BCUT2D eigenvalue weighted by Gasteiger charge is -2.37. The molecule has 3 rings (SSSR count). The first kappa shape index (κ1) is 13.9. The van der Waals surface area contributed by atoms with Gasteiger partial charge in [0.05, 0.1) is 13.2 Å². The molecule has 1 spiro atoms. The van der Waals surface area contributed by atoms with Crippen LogP contribution in [-0.4, -0.2) is 50.1 Å². The van der Waals surface area contributed by atoms with Crippen molar-refractivity contribution in [3.8, 4) is 5.75 Å². The number of likely N-dealkylation sites (tertiary alicyclic amines) is 1. The van der Waals surface area contributed by atoms with E-state index in [1.807, 2.05) is 12.1 Å². The van der Waals surface area contributed by atoms with Crippen molar-refractivity contribution in [2.75, 3.05) is 39.5 Å². The summed E-state index contributed by atoms with van der Waals surface area (Å²) in [7, 11) is 0. The topological polar surface area (TPSA) is 30.9 Å². The third-order valence-corrected chi connectivity index (χ3v) is 4.10. The molecule has 1 aromatic carbocycles. The predicted molar refractivity (Wildman–Crippen MR) is 77.0 cm³/mol. The van der Waals surface area contributed by atoms with Gasteiger partial charge in [-0.2, -0.15) is 0 Å². The Labute approximate surface area is 120 Å². The van der Waals surface area contributed by atoms with Gasteiger partial charge >= 0.3 is 0 Å². The zero-order valence-corrected chi connectivity index (χ0v) is 12.1. The summed E-state index contributed by atoms with van der Waals surface area (Å²) in [6.07, 6.45) is 1.94. The number of aryl methyl sites for hydroxylation is 1. The lowest BCUT2D eigenvalue weighted by Crippen LogP contribution is -2.46. The van der Waals surface area contributed by atoms with Gasteiger partial charge in [0, 0.05) is 32.5 Å². The van der Waals surface area contributed by atoms with E-state index >= 15 is 0 Å². The minimum Gasteiger partial charge on any atom is -0.492 e. The maximum absolute atomic E-state index is 5.80. The zero-order chi connectivity index (χ0) is 13.8. The van der Waals surface area contributed by atoms with Crippen LogP contribution in [0.2, 0.25) is 0 Å². The van der Waals surface area contributed by atoms with Gasteiger partial charge in [0.2, 0.25) is 0 Å². The predicted octanol–water partition coefficient (Wildman–Crippen LogP) is 2.21. The molecular formula is C16H23NO3. The Kier molecular flexibility index (Phi) is 4.24. The van der Waals surface area contributed by atoms with Crippen molar-refractivity contribution in [2.24, 2.45) is 0 Å². The molecule has 0 bridgehead atoms. The van der Waals surface area contributed by atoms with Gasteiger partial charge in [0.1, 0.15) is 12.4 Å². The van der Waals surface area contributed by atoms with E-state index in [0.717, 1.165) is 58.0 Å². The Morgan fingerprint density at radius 3 is 2.65 bits per heavy atom. The van der Waals surface area contributed by atoms with Crippen LogP contribution in [0.4, 0.5) is 0 Å². The monoisotopic (exact) mass is 277 g/mol. The number of piperidine rings is 1. The van der Waals surface area contributed by atoms with Gasteiger partial charge in [-0.05, 0) is 24.6 Å². The van der Waals surface area contributed by atoms with Crippen molar-refractivity contribution in [2.45, 2.75) is 25.6 Å². The number of benzene rings is 1. The third-order valence-electron chi connectivity index (χ3n) is 4.10. The van der Waals surface area contributed by atoms with Crippen molar-refractivity contribution in [1.82, 2.24) is 4.90 Å².